The van der Waals surface area contributed by atoms with Gasteiger partial charge in [0.2, 0.25) is 0 Å². The van der Waals surface area contributed by atoms with Crippen molar-refractivity contribution in [3.63, 3.8) is 0 Å². The van der Waals surface area contributed by atoms with E-state index in [1.165, 1.54) is 7.11 Å². The van der Waals surface area contributed by atoms with Crippen LogP contribution in [0.2, 0.25) is 0 Å². The second-order valence-electron chi connectivity index (χ2n) is 4.62. The molecule has 2 aromatic heterocycles. The Kier molecular flexibility index (Phi) is 3.63. The maximum absolute atomic E-state index is 12.4. The van der Waals surface area contributed by atoms with E-state index in [1.54, 1.807) is 34.4 Å². The number of hydrogen-bond acceptors (Lipinski definition) is 5. The molecule has 3 rings (SSSR count). The summed E-state index contributed by atoms with van der Waals surface area (Å²) in [6, 6.07) is 3.74. The van der Waals surface area contributed by atoms with E-state index < -0.39 is 0 Å². The third-order valence-electron chi connectivity index (χ3n) is 3.32. The van der Waals surface area contributed by atoms with Crippen LogP contribution in [0.5, 0.6) is 0 Å². The first-order chi connectivity index (χ1) is 10.3. The molecule has 2 aromatic rings. The predicted octanol–water partition coefficient (Wildman–Crippen LogP) is 0.898. The molecule has 0 bridgehead atoms. The van der Waals surface area contributed by atoms with Gasteiger partial charge in [0.25, 0.3) is 5.91 Å². The van der Waals surface area contributed by atoms with Crippen LogP contribution in [0.3, 0.4) is 0 Å². The zero-order chi connectivity index (χ0) is 14.7. The lowest BCUT2D eigenvalue weighted by molar-refractivity contribution is 0.0764. The Morgan fingerprint density at radius 1 is 1.52 bits per heavy atom. The summed E-state index contributed by atoms with van der Waals surface area (Å²) in [5, 5.41) is 8.13. The number of carbonyl (C=O) groups excluding carboxylic acids is 1. The minimum absolute atomic E-state index is 0.0334. The van der Waals surface area contributed by atoms with Gasteiger partial charge in [0, 0.05) is 25.4 Å². The van der Waals surface area contributed by atoms with E-state index in [0.717, 1.165) is 17.8 Å². The standard InChI is InChI=1S/C14H15N5O2/c1-21-16-6-8-18-7-4-13-12(14(18)20)10-19(17-13)11-3-2-5-15-9-11/h2-3,5-6,9-10H,4,7-8H2,1H3/b16-6+. The normalized spacial score (nSPS) is 14.5. The zero-order valence-electron chi connectivity index (χ0n) is 11.6. The molecule has 0 saturated heterocycles. The van der Waals surface area contributed by atoms with Crippen molar-refractivity contribution in [1.82, 2.24) is 19.7 Å². The Bertz CT molecular complexity index is 665. The number of hydrogen-bond donors (Lipinski definition) is 0. The SMILES string of the molecule is CO/N=C/CN1CCc2nn(-c3cccnc3)cc2C1=O. The Balaban J connectivity index is 1.84. The van der Waals surface area contributed by atoms with Crippen molar-refractivity contribution in [3.8, 4) is 5.69 Å². The lowest BCUT2D eigenvalue weighted by Crippen LogP contribution is -2.38. The van der Waals surface area contributed by atoms with Gasteiger partial charge in [-0.1, -0.05) is 5.16 Å². The summed E-state index contributed by atoms with van der Waals surface area (Å²) in [6.07, 6.45) is 7.48. The van der Waals surface area contributed by atoms with Crippen LogP contribution < -0.4 is 0 Å². The van der Waals surface area contributed by atoms with E-state index in [4.69, 9.17) is 0 Å². The number of rotatable bonds is 4. The van der Waals surface area contributed by atoms with Crippen molar-refractivity contribution in [1.29, 1.82) is 0 Å². The van der Waals surface area contributed by atoms with Crippen LogP contribution in [0.25, 0.3) is 5.69 Å². The summed E-state index contributed by atoms with van der Waals surface area (Å²) in [5.41, 5.74) is 2.30. The Morgan fingerprint density at radius 2 is 2.43 bits per heavy atom. The van der Waals surface area contributed by atoms with Gasteiger partial charge < -0.3 is 9.74 Å². The summed E-state index contributed by atoms with van der Waals surface area (Å²) < 4.78 is 1.70. The lowest BCUT2D eigenvalue weighted by atomic mass is 10.1. The summed E-state index contributed by atoms with van der Waals surface area (Å²) >= 11 is 0. The van der Waals surface area contributed by atoms with Crippen LogP contribution in [-0.4, -0.2) is 52.0 Å². The highest BCUT2D eigenvalue weighted by Crippen LogP contribution is 2.19. The average molecular weight is 285 g/mol. The summed E-state index contributed by atoms with van der Waals surface area (Å²) in [6.45, 7) is 1.07. The second kappa shape index (κ2) is 5.74. The molecule has 7 nitrogen and oxygen atoms in total. The highest BCUT2D eigenvalue weighted by molar-refractivity contribution is 5.97. The molecule has 21 heavy (non-hydrogen) atoms. The number of aromatic nitrogens is 3. The molecule has 1 amide bonds. The Labute approximate surface area is 121 Å². The van der Waals surface area contributed by atoms with Crippen molar-refractivity contribution in [2.45, 2.75) is 6.42 Å². The van der Waals surface area contributed by atoms with Crippen LogP contribution in [0.15, 0.2) is 35.9 Å². The summed E-state index contributed by atoms with van der Waals surface area (Å²) in [7, 11) is 1.48. The molecule has 3 heterocycles. The van der Waals surface area contributed by atoms with Crippen molar-refractivity contribution in [3.05, 3.63) is 42.0 Å². The van der Waals surface area contributed by atoms with Gasteiger partial charge in [-0.2, -0.15) is 5.10 Å². The van der Waals surface area contributed by atoms with Gasteiger partial charge in [0.05, 0.1) is 35.9 Å². The Hall–Kier alpha value is -2.70. The Morgan fingerprint density at radius 3 is 3.19 bits per heavy atom. The van der Waals surface area contributed by atoms with Crippen LogP contribution in [0.1, 0.15) is 16.1 Å². The fraction of sp³-hybridized carbons (Fsp3) is 0.286. The van der Waals surface area contributed by atoms with Crippen LogP contribution in [0, 0.1) is 0 Å². The first-order valence-electron chi connectivity index (χ1n) is 6.63. The molecule has 108 valence electrons. The second-order valence-corrected chi connectivity index (χ2v) is 4.62. The van der Waals surface area contributed by atoms with Gasteiger partial charge in [-0.05, 0) is 12.1 Å². The van der Waals surface area contributed by atoms with Crippen LogP contribution in [0.4, 0.5) is 0 Å². The molecule has 1 aliphatic heterocycles. The third kappa shape index (κ3) is 2.62. The van der Waals surface area contributed by atoms with Gasteiger partial charge in [0.1, 0.15) is 7.11 Å². The number of amides is 1. The highest BCUT2D eigenvalue weighted by Gasteiger charge is 2.27. The third-order valence-corrected chi connectivity index (χ3v) is 3.32. The molecule has 0 aliphatic carbocycles. The lowest BCUT2D eigenvalue weighted by Gasteiger charge is -2.24. The number of fused-ring (bicyclic) bond motifs is 1. The molecule has 0 atom stereocenters. The zero-order valence-corrected chi connectivity index (χ0v) is 11.6. The van der Waals surface area contributed by atoms with E-state index >= 15 is 0 Å². The molecular weight excluding hydrogens is 270 g/mol. The fourth-order valence-corrected chi connectivity index (χ4v) is 2.29. The molecule has 0 radical (unpaired) electrons. The van der Waals surface area contributed by atoms with E-state index in [9.17, 15) is 4.79 Å². The van der Waals surface area contributed by atoms with Gasteiger partial charge >= 0.3 is 0 Å². The monoisotopic (exact) mass is 285 g/mol. The fourth-order valence-electron chi connectivity index (χ4n) is 2.29. The first kappa shape index (κ1) is 13.3. The molecule has 0 aromatic carbocycles. The van der Waals surface area contributed by atoms with Crippen molar-refractivity contribution < 1.29 is 9.63 Å². The van der Waals surface area contributed by atoms with Crippen molar-refractivity contribution in [2.75, 3.05) is 20.2 Å². The molecule has 0 N–H and O–H groups in total. The molecule has 0 spiro atoms. The molecular formula is C14H15N5O2. The number of carbonyl (C=O) groups is 1. The topological polar surface area (TPSA) is 72.6 Å². The quantitative estimate of drug-likeness (QED) is 0.618. The maximum atomic E-state index is 12.4. The van der Waals surface area contributed by atoms with Crippen LogP contribution >= 0.6 is 0 Å². The van der Waals surface area contributed by atoms with E-state index in [-0.39, 0.29) is 5.91 Å². The number of pyridine rings is 1. The van der Waals surface area contributed by atoms with Crippen LogP contribution in [-0.2, 0) is 11.3 Å². The molecule has 0 saturated carbocycles. The molecule has 7 heteroatoms. The minimum atomic E-state index is -0.0334. The predicted molar refractivity (Wildman–Crippen MR) is 76.5 cm³/mol. The highest BCUT2D eigenvalue weighted by atomic mass is 16.6. The van der Waals surface area contributed by atoms with Gasteiger partial charge in [-0.25, -0.2) is 4.68 Å². The van der Waals surface area contributed by atoms with Crippen molar-refractivity contribution in [2.24, 2.45) is 5.16 Å². The largest absolute Gasteiger partial charge is 0.399 e. The number of oxime groups is 1. The smallest absolute Gasteiger partial charge is 0.257 e. The van der Waals surface area contributed by atoms with Gasteiger partial charge in [0.15, 0.2) is 0 Å². The molecule has 0 fully saturated rings. The van der Waals surface area contributed by atoms with E-state index in [1.807, 2.05) is 12.1 Å². The minimum Gasteiger partial charge on any atom is -0.399 e. The number of nitrogens with zero attached hydrogens (tertiary/aromatic N) is 5. The molecule has 1 aliphatic rings. The van der Waals surface area contributed by atoms with Gasteiger partial charge in [-0.3, -0.25) is 9.78 Å². The van der Waals surface area contributed by atoms with Gasteiger partial charge in [-0.15, -0.1) is 0 Å². The maximum Gasteiger partial charge on any atom is 0.257 e. The van der Waals surface area contributed by atoms with E-state index in [0.29, 0.717) is 18.7 Å². The van der Waals surface area contributed by atoms with E-state index in [2.05, 4.69) is 20.1 Å². The average Bonchev–Trinajstić information content (AvgIpc) is 2.96. The van der Waals surface area contributed by atoms with Crippen molar-refractivity contribution >= 4 is 12.1 Å². The first-order valence-corrected chi connectivity index (χ1v) is 6.63. The summed E-state index contributed by atoms with van der Waals surface area (Å²) in [4.78, 5) is 22.8. The summed E-state index contributed by atoms with van der Waals surface area (Å²) in [5.74, 6) is -0.0334. The molecule has 0 unspecified atom stereocenters.